The first-order chi connectivity index (χ1) is 16.0. The Morgan fingerprint density at radius 1 is 0.939 bits per heavy atom. The highest BCUT2D eigenvalue weighted by Crippen LogP contribution is 2.44. The highest BCUT2D eigenvalue weighted by atomic mass is 32.1. The minimum absolute atomic E-state index is 0.0206. The number of aryl methyl sites for hydroxylation is 1. The summed E-state index contributed by atoms with van der Waals surface area (Å²) in [5.74, 6) is -0.302. The molecule has 33 heavy (non-hydrogen) atoms. The molecule has 1 saturated heterocycles. The van der Waals surface area contributed by atoms with Gasteiger partial charge in [-0.25, -0.2) is 0 Å². The van der Waals surface area contributed by atoms with Crippen LogP contribution >= 0.6 is 11.3 Å². The number of anilines is 1. The van der Waals surface area contributed by atoms with E-state index in [4.69, 9.17) is 0 Å². The van der Waals surface area contributed by atoms with Crippen molar-refractivity contribution in [3.8, 4) is 0 Å². The highest BCUT2D eigenvalue weighted by molar-refractivity contribution is 7.10. The predicted octanol–water partition coefficient (Wildman–Crippen LogP) is 4.62. The van der Waals surface area contributed by atoms with Crippen molar-refractivity contribution in [2.45, 2.75) is 25.8 Å². The van der Waals surface area contributed by atoms with Crippen LogP contribution in [-0.4, -0.2) is 54.8 Å². The zero-order valence-electron chi connectivity index (χ0n) is 19.3. The summed E-state index contributed by atoms with van der Waals surface area (Å²) in [4.78, 5) is 34.3. The van der Waals surface area contributed by atoms with Gasteiger partial charge < -0.3 is 14.7 Å². The fourth-order valence-electron chi connectivity index (χ4n) is 5.20. The number of piperazine rings is 1. The summed E-state index contributed by atoms with van der Waals surface area (Å²) in [7, 11) is 1.82. The summed E-state index contributed by atoms with van der Waals surface area (Å²) >= 11 is 1.61. The second-order valence-electron chi connectivity index (χ2n) is 8.97. The van der Waals surface area contributed by atoms with E-state index in [1.54, 1.807) is 16.2 Å². The Bertz CT molecular complexity index is 1180. The average Bonchev–Trinajstić information content (AvgIpc) is 3.37. The molecule has 0 spiro atoms. The van der Waals surface area contributed by atoms with E-state index in [0.29, 0.717) is 18.7 Å². The van der Waals surface area contributed by atoms with Crippen LogP contribution < -0.4 is 4.90 Å². The lowest BCUT2D eigenvalue weighted by Gasteiger charge is -2.43. The molecule has 0 bridgehead atoms. The number of hydrogen-bond acceptors (Lipinski definition) is 4. The molecule has 1 fully saturated rings. The Hall–Kier alpha value is -3.12. The molecule has 1 aromatic heterocycles. The SMILES string of the molecule is Cc1cccc(N2CCN(C(=O)[C@@H]3c4ccccc4C(=O)N(C)[C@@H]3c3cccs3)CC2)c1C. The summed E-state index contributed by atoms with van der Waals surface area (Å²) in [6.45, 7) is 7.28. The lowest BCUT2D eigenvalue weighted by Crippen LogP contribution is -2.53. The van der Waals surface area contributed by atoms with E-state index >= 15 is 0 Å². The molecule has 2 atom stereocenters. The number of benzene rings is 2. The topological polar surface area (TPSA) is 43.9 Å². The zero-order valence-corrected chi connectivity index (χ0v) is 20.1. The Balaban J connectivity index is 1.43. The van der Waals surface area contributed by atoms with Crippen molar-refractivity contribution < 1.29 is 9.59 Å². The molecule has 3 aromatic rings. The number of fused-ring (bicyclic) bond motifs is 1. The Morgan fingerprint density at radius 2 is 1.70 bits per heavy atom. The van der Waals surface area contributed by atoms with Gasteiger partial charge in [-0.15, -0.1) is 11.3 Å². The molecule has 5 rings (SSSR count). The van der Waals surface area contributed by atoms with Crippen molar-refractivity contribution >= 4 is 28.8 Å². The molecule has 0 saturated carbocycles. The fourth-order valence-corrected chi connectivity index (χ4v) is 6.10. The van der Waals surface area contributed by atoms with Crippen LogP contribution in [0.5, 0.6) is 0 Å². The van der Waals surface area contributed by atoms with Gasteiger partial charge in [0.1, 0.15) is 0 Å². The number of nitrogens with zero attached hydrogens (tertiary/aromatic N) is 3. The van der Waals surface area contributed by atoms with Crippen molar-refractivity contribution in [2.75, 3.05) is 38.1 Å². The molecule has 0 radical (unpaired) electrons. The molecule has 0 N–H and O–H groups in total. The smallest absolute Gasteiger partial charge is 0.254 e. The van der Waals surface area contributed by atoms with Gasteiger partial charge in [-0.05, 0) is 54.1 Å². The predicted molar refractivity (Wildman–Crippen MR) is 133 cm³/mol. The molecule has 0 unspecified atom stereocenters. The van der Waals surface area contributed by atoms with Crippen LogP contribution in [0.25, 0.3) is 0 Å². The van der Waals surface area contributed by atoms with Crippen LogP contribution in [0.1, 0.15) is 43.9 Å². The largest absolute Gasteiger partial charge is 0.368 e. The first-order valence-electron chi connectivity index (χ1n) is 11.5. The standard InChI is InChI=1S/C27H29N3O2S/c1-18-8-6-11-22(19(18)2)29-13-15-30(16-14-29)27(32)24-20-9-4-5-10-21(20)26(31)28(3)25(24)23-12-7-17-33-23/h4-12,17,24-25H,13-16H2,1-3H3/t24-,25-/m1/s1. The number of carbonyl (C=O) groups is 2. The van der Waals surface area contributed by atoms with Crippen molar-refractivity contribution in [3.05, 3.63) is 87.1 Å². The van der Waals surface area contributed by atoms with Gasteiger partial charge in [0.15, 0.2) is 0 Å². The van der Waals surface area contributed by atoms with Crippen LogP contribution in [0.2, 0.25) is 0 Å². The fraction of sp³-hybridized carbons (Fsp3) is 0.333. The lowest BCUT2D eigenvalue weighted by atomic mass is 9.81. The number of carbonyl (C=O) groups excluding carboxylic acids is 2. The maximum atomic E-state index is 14.0. The van der Waals surface area contributed by atoms with Gasteiger partial charge in [0.05, 0.1) is 12.0 Å². The third-order valence-electron chi connectivity index (χ3n) is 7.19. The summed E-state index contributed by atoms with van der Waals surface area (Å²) in [5.41, 5.74) is 5.33. The van der Waals surface area contributed by atoms with Gasteiger partial charge in [0, 0.05) is 49.4 Å². The lowest BCUT2D eigenvalue weighted by molar-refractivity contribution is -0.134. The molecular formula is C27H29N3O2S. The summed E-state index contributed by atoms with van der Waals surface area (Å²) < 4.78 is 0. The van der Waals surface area contributed by atoms with E-state index in [2.05, 4.69) is 36.9 Å². The average molecular weight is 460 g/mol. The number of rotatable bonds is 3. The monoisotopic (exact) mass is 459 g/mol. The number of amides is 2. The van der Waals surface area contributed by atoms with E-state index < -0.39 is 5.92 Å². The molecule has 2 aliphatic rings. The molecule has 170 valence electrons. The van der Waals surface area contributed by atoms with Crippen LogP contribution in [0.4, 0.5) is 5.69 Å². The second-order valence-corrected chi connectivity index (χ2v) is 9.95. The Morgan fingerprint density at radius 3 is 2.42 bits per heavy atom. The molecule has 2 aromatic carbocycles. The maximum Gasteiger partial charge on any atom is 0.254 e. The van der Waals surface area contributed by atoms with Crippen LogP contribution in [0, 0.1) is 13.8 Å². The number of likely N-dealkylation sites (N-methyl/N-ethyl adjacent to an activating group) is 1. The van der Waals surface area contributed by atoms with Crippen LogP contribution in [-0.2, 0) is 4.79 Å². The quantitative estimate of drug-likeness (QED) is 0.574. The van der Waals surface area contributed by atoms with E-state index in [0.717, 1.165) is 23.5 Å². The van der Waals surface area contributed by atoms with Crippen LogP contribution in [0.15, 0.2) is 60.0 Å². The molecule has 0 aliphatic carbocycles. The molecule has 2 amide bonds. The molecule has 3 heterocycles. The van der Waals surface area contributed by atoms with Crippen LogP contribution in [0.3, 0.4) is 0 Å². The molecule has 2 aliphatic heterocycles. The number of hydrogen-bond donors (Lipinski definition) is 0. The van der Waals surface area contributed by atoms with Crippen molar-refractivity contribution in [2.24, 2.45) is 0 Å². The van der Waals surface area contributed by atoms with E-state index in [9.17, 15) is 9.59 Å². The summed E-state index contributed by atoms with van der Waals surface area (Å²) in [6.07, 6.45) is 0. The molecular weight excluding hydrogens is 430 g/mol. The van der Waals surface area contributed by atoms with E-state index in [-0.39, 0.29) is 17.9 Å². The Kier molecular flexibility index (Phi) is 5.71. The highest BCUT2D eigenvalue weighted by Gasteiger charge is 2.44. The third kappa shape index (κ3) is 3.72. The van der Waals surface area contributed by atoms with Crippen molar-refractivity contribution in [3.63, 3.8) is 0 Å². The van der Waals surface area contributed by atoms with Gasteiger partial charge in [0.25, 0.3) is 5.91 Å². The van der Waals surface area contributed by atoms with Gasteiger partial charge in [0.2, 0.25) is 5.91 Å². The van der Waals surface area contributed by atoms with Gasteiger partial charge in [-0.3, -0.25) is 9.59 Å². The molecule has 5 nitrogen and oxygen atoms in total. The first kappa shape index (κ1) is 21.7. The van der Waals surface area contributed by atoms with Gasteiger partial charge in [-0.1, -0.05) is 36.4 Å². The van der Waals surface area contributed by atoms with E-state index in [1.165, 1.54) is 16.8 Å². The number of thiophene rings is 1. The second kappa shape index (κ2) is 8.67. The summed E-state index contributed by atoms with van der Waals surface area (Å²) in [6, 6.07) is 17.8. The minimum Gasteiger partial charge on any atom is -0.368 e. The van der Waals surface area contributed by atoms with Gasteiger partial charge >= 0.3 is 0 Å². The van der Waals surface area contributed by atoms with Crippen molar-refractivity contribution in [1.82, 2.24) is 9.80 Å². The van der Waals surface area contributed by atoms with E-state index in [1.807, 2.05) is 53.7 Å². The minimum atomic E-state index is -0.394. The third-order valence-corrected chi connectivity index (χ3v) is 8.13. The maximum absolute atomic E-state index is 14.0. The Labute approximate surface area is 199 Å². The van der Waals surface area contributed by atoms with Crippen molar-refractivity contribution in [1.29, 1.82) is 0 Å². The van der Waals surface area contributed by atoms with Gasteiger partial charge in [-0.2, -0.15) is 0 Å². The zero-order chi connectivity index (χ0) is 23.1. The molecule has 6 heteroatoms. The first-order valence-corrected chi connectivity index (χ1v) is 12.3. The summed E-state index contributed by atoms with van der Waals surface area (Å²) in [5, 5.41) is 2.01. The normalized spacial score (nSPS) is 20.7.